The summed E-state index contributed by atoms with van der Waals surface area (Å²) in [5.74, 6) is -4.33. The van der Waals surface area contributed by atoms with Crippen LogP contribution in [0.15, 0.2) is 51.1 Å². The Morgan fingerprint density at radius 3 is 2.75 bits per heavy atom. The van der Waals surface area contributed by atoms with Crippen molar-refractivity contribution in [3.63, 3.8) is 0 Å². The van der Waals surface area contributed by atoms with Crippen LogP contribution in [0.4, 0.5) is 15.2 Å². The topological polar surface area (TPSA) is 206 Å². The van der Waals surface area contributed by atoms with Crippen LogP contribution in [0, 0.1) is 5.82 Å². The summed E-state index contributed by atoms with van der Waals surface area (Å²) < 4.78 is 18.0. The number of anilines is 2. The second-order valence-corrected chi connectivity index (χ2v) is 16.7. The number of thioether (sulfide) groups is 2. The van der Waals surface area contributed by atoms with Gasteiger partial charge in [-0.05, 0) is 32.4 Å². The van der Waals surface area contributed by atoms with Crippen LogP contribution in [0.3, 0.4) is 0 Å². The molecule has 3 aliphatic heterocycles. The van der Waals surface area contributed by atoms with Crippen LogP contribution in [-0.4, -0.2) is 98.7 Å². The number of hydrogen-bond acceptors (Lipinski definition) is 14. The lowest BCUT2D eigenvalue weighted by molar-refractivity contribution is -0.675. The Hall–Kier alpha value is -4.46. The summed E-state index contributed by atoms with van der Waals surface area (Å²) in [5, 5.41) is 33.1. The smallest absolute Gasteiger partial charge is 0.350 e. The summed E-state index contributed by atoms with van der Waals surface area (Å²) in [6, 6.07) is 4.75. The van der Waals surface area contributed by atoms with E-state index in [1.54, 1.807) is 6.07 Å². The average Bonchev–Trinajstić information content (AvgIpc) is 3.88. The molecule has 5 heterocycles. The number of nitrogens with two attached hydrogens (primary N) is 1. The van der Waals surface area contributed by atoms with E-state index in [2.05, 4.69) is 37.2 Å². The number of aliphatic carboxylic acids is 2. The number of carbonyl (C=O) groups excluding carboxylic acids is 3. The first-order chi connectivity index (χ1) is 25.2. The molecule has 15 nitrogen and oxygen atoms in total. The molecular formula is C34H37FN8O7S3. The number of thiazole rings is 1. The first kappa shape index (κ1) is 36.9. The van der Waals surface area contributed by atoms with E-state index < -0.39 is 46.5 Å². The first-order valence-electron chi connectivity index (χ1n) is 16.9. The Kier molecular flexibility index (Phi) is 10.0. The predicted octanol–water partition coefficient (Wildman–Crippen LogP) is 1.22. The lowest BCUT2D eigenvalue weighted by Crippen LogP contribution is -2.71. The number of oxime groups is 1. The zero-order chi connectivity index (χ0) is 37.8. The van der Waals surface area contributed by atoms with Crippen molar-refractivity contribution in [2.45, 2.75) is 67.6 Å². The van der Waals surface area contributed by atoms with E-state index in [4.69, 9.17) is 10.6 Å². The van der Waals surface area contributed by atoms with Crippen molar-refractivity contribution in [1.82, 2.24) is 20.5 Å². The maximum absolute atomic E-state index is 15.8. The number of piperazine rings is 1. The van der Waals surface area contributed by atoms with Gasteiger partial charge in [-0.1, -0.05) is 5.16 Å². The largest absolute Gasteiger partial charge is 0.543 e. The van der Waals surface area contributed by atoms with Gasteiger partial charge in [0.25, 0.3) is 11.8 Å². The summed E-state index contributed by atoms with van der Waals surface area (Å²) >= 11 is 3.65. The number of nitrogens with zero attached hydrogens (tertiary/aromatic N) is 5. The van der Waals surface area contributed by atoms with Gasteiger partial charge in [-0.2, -0.15) is 4.57 Å². The molecule has 2 saturated heterocycles. The van der Waals surface area contributed by atoms with Crippen LogP contribution >= 0.6 is 34.9 Å². The standard InChI is InChI=1S/C34H37FN8O7S3/c1-16-12-37-7-9-41(16)23-11-22-19(10-20(23)35)24(6-8-42(22)18-4-5-18)51-13-17-14-52-30-26(29(45)43(30)27(17)31(46)47)39-28(44)25(21-15-53-33(36)38-21)40-50-34(2,3)32(48)49/h6,8,10-11,15-16,18,26,30,37H,4-5,7,9,12-14H2,1-3H3,(H4-,36,38,39,44,46,47,48,49)/b40-25-. The molecule has 5 N–H and O–H groups in total. The molecule has 1 saturated carbocycles. The highest BCUT2D eigenvalue weighted by molar-refractivity contribution is 8.01. The molecule has 3 aromatic rings. The molecule has 3 unspecified atom stereocenters. The summed E-state index contributed by atoms with van der Waals surface area (Å²) in [7, 11) is 0. The number of carbonyl (C=O) groups is 4. The number of halogens is 1. The fourth-order valence-electron chi connectivity index (χ4n) is 6.45. The van der Waals surface area contributed by atoms with Crippen molar-refractivity contribution in [2.75, 3.05) is 41.8 Å². The van der Waals surface area contributed by atoms with E-state index in [1.807, 2.05) is 18.3 Å². The lowest BCUT2D eigenvalue weighted by atomic mass is 10.0. The van der Waals surface area contributed by atoms with Crippen LogP contribution in [0.5, 0.6) is 0 Å². The van der Waals surface area contributed by atoms with Crippen LogP contribution in [0.2, 0.25) is 0 Å². The van der Waals surface area contributed by atoms with Crippen molar-refractivity contribution in [3.05, 3.63) is 52.6 Å². The average molecular weight is 785 g/mol. The fourth-order valence-corrected chi connectivity index (χ4v) is 9.52. The summed E-state index contributed by atoms with van der Waals surface area (Å²) in [6.07, 6.45) is 4.08. The van der Waals surface area contributed by atoms with Crippen LogP contribution in [0.1, 0.15) is 45.3 Å². The van der Waals surface area contributed by atoms with E-state index in [1.165, 1.54) is 42.8 Å². The molecule has 3 atom stereocenters. The minimum Gasteiger partial charge on any atom is -0.543 e. The molecule has 280 valence electrons. The number of nitrogens with one attached hydrogen (secondary N) is 2. The minimum absolute atomic E-state index is 0.00583. The highest BCUT2D eigenvalue weighted by atomic mass is 32.2. The summed E-state index contributed by atoms with van der Waals surface area (Å²) in [4.78, 5) is 64.1. The lowest BCUT2D eigenvalue weighted by Gasteiger charge is -2.50. The molecule has 1 aliphatic carbocycles. The Bertz CT molecular complexity index is 2090. The maximum Gasteiger partial charge on any atom is 0.350 e. The molecule has 7 rings (SSSR count). The number of nitrogen functional groups attached to an aromatic ring is 1. The first-order valence-corrected chi connectivity index (χ1v) is 19.8. The Balaban J connectivity index is 1.11. The van der Waals surface area contributed by atoms with Crippen LogP contribution < -0.4 is 30.9 Å². The van der Waals surface area contributed by atoms with Gasteiger partial charge in [0.15, 0.2) is 23.1 Å². The zero-order valence-electron chi connectivity index (χ0n) is 29.0. The number of carboxylic acid groups (broad SMARTS) is 2. The molecule has 0 spiro atoms. The third-order valence-electron chi connectivity index (χ3n) is 9.54. The summed E-state index contributed by atoms with van der Waals surface area (Å²) in [5.41, 5.74) is 5.21. The van der Waals surface area contributed by atoms with E-state index in [0.29, 0.717) is 23.8 Å². The summed E-state index contributed by atoms with van der Waals surface area (Å²) in [6.45, 7) is 6.77. The molecule has 2 aromatic heterocycles. The molecule has 53 heavy (non-hydrogen) atoms. The van der Waals surface area contributed by atoms with Gasteiger partial charge in [0, 0.05) is 72.4 Å². The number of aromatic nitrogens is 2. The van der Waals surface area contributed by atoms with Gasteiger partial charge >= 0.3 is 5.97 Å². The van der Waals surface area contributed by atoms with Crippen molar-refractivity contribution >= 4 is 86.0 Å². The normalized spacial score (nSPS) is 22.1. The van der Waals surface area contributed by atoms with Crippen molar-refractivity contribution in [1.29, 1.82) is 0 Å². The van der Waals surface area contributed by atoms with Gasteiger partial charge in [-0.25, -0.2) is 14.2 Å². The van der Waals surface area contributed by atoms with Gasteiger partial charge in [-0.3, -0.25) is 14.5 Å². The van der Waals surface area contributed by atoms with E-state index in [9.17, 15) is 29.4 Å². The molecule has 3 fully saturated rings. The SMILES string of the molecule is CC1CNCCN1c1cc2c(cc1F)c(SCC1=C(C(=O)[O-])N3C(=O)C(NC(=O)/C(=N\OC(C)(C)C(=O)O)c4csc(N)n4)C3SC1)cc[n+]2C1CC1. The highest BCUT2D eigenvalue weighted by Crippen LogP contribution is 2.43. The Labute approximate surface area is 315 Å². The van der Waals surface area contributed by atoms with Gasteiger partial charge in [0.2, 0.25) is 11.1 Å². The van der Waals surface area contributed by atoms with E-state index >= 15 is 4.39 Å². The number of hydrogen-bond donors (Lipinski definition) is 4. The van der Waals surface area contributed by atoms with Crippen molar-refractivity contribution in [2.24, 2.45) is 5.16 Å². The van der Waals surface area contributed by atoms with Gasteiger partial charge in [0.05, 0.1) is 22.7 Å². The third kappa shape index (κ3) is 7.14. The molecular weight excluding hydrogens is 748 g/mol. The molecule has 2 amide bonds. The number of pyridine rings is 1. The second kappa shape index (κ2) is 14.4. The van der Waals surface area contributed by atoms with Gasteiger partial charge in [0.1, 0.15) is 22.9 Å². The number of fused-ring (bicyclic) bond motifs is 2. The number of rotatable bonds is 12. The van der Waals surface area contributed by atoms with E-state index in [-0.39, 0.29) is 39.9 Å². The van der Waals surface area contributed by atoms with Gasteiger partial charge in [-0.15, -0.1) is 34.9 Å². The number of carboxylic acids is 2. The minimum atomic E-state index is -1.79. The second-order valence-electron chi connectivity index (χ2n) is 13.7. The third-order valence-corrected chi connectivity index (χ3v) is 12.7. The van der Waals surface area contributed by atoms with Crippen molar-refractivity contribution < 1.29 is 43.2 Å². The molecule has 0 radical (unpaired) electrons. The predicted molar refractivity (Wildman–Crippen MR) is 196 cm³/mol. The molecule has 1 aromatic carbocycles. The molecule has 0 bridgehead atoms. The van der Waals surface area contributed by atoms with Crippen LogP contribution in [-0.2, 0) is 24.0 Å². The molecule has 4 aliphatic rings. The Morgan fingerprint density at radius 1 is 1.32 bits per heavy atom. The fraction of sp³-hybridized carbons (Fsp3) is 0.441. The van der Waals surface area contributed by atoms with Crippen molar-refractivity contribution in [3.8, 4) is 0 Å². The Morgan fingerprint density at radius 2 is 2.09 bits per heavy atom. The van der Waals surface area contributed by atoms with Crippen LogP contribution in [0.25, 0.3) is 10.9 Å². The quantitative estimate of drug-likeness (QED) is 0.0671. The number of benzene rings is 1. The number of β-lactam (4-membered cyclic amide) rings is 1. The maximum atomic E-state index is 15.8. The monoisotopic (exact) mass is 784 g/mol. The molecule has 19 heteroatoms. The number of amides is 2. The zero-order valence-corrected chi connectivity index (χ0v) is 31.4. The van der Waals surface area contributed by atoms with Gasteiger partial charge < -0.3 is 41.1 Å². The highest BCUT2D eigenvalue weighted by Gasteiger charge is 2.53. The van der Waals surface area contributed by atoms with E-state index in [0.717, 1.165) is 58.0 Å².